The first-order valence-corrected chi connectivity index (χ1v) is 8.33. The van der Waals surface area contributed by atoms with Gasteiger partial charge in [0.1, 0.15) is 12.6 Å². The summed E-state index contributed by atoms with van der Waals surface area (Å²) < 4.78 is 5.30. The zero-order valence-electron chi connectivity index (χ0n) is 14.0. The van der Waals surface area contributed by atoms with Gasteiger partial charge < -0.3 is 15.2 Å². The third-order valence-electron chi connectivity index (χ3n) is 4.48. The summed E-state index contributed by atoms with van der Waals surface area (Å²) in [5.41, 5.74) is 4.41. The van der Waals surface area contributed by atoms with Crippen molar-refractivity contribution in [3.8, 4) is 17.2 Å². The number of nitrogens with one attached hydrogen (secondary N) is 1. The van der Waals surface area contributed by atoms with Gasteiger partial charge in [0, 0.05) is 12.3 Å². The molecule has 0 fully saturated rings. The molecule has 0 saturated heterocycles. The van der Waals surface area contributed by atoms with Crippen molar-refractivity contribution in [2.24, 2.45) is 0 Å². The number of rotatable bonds is 6. The van der Waals surface area contributed by atoms with Crippen LogP contribution < -0.4 is 5.32 Å². The Hall–Kier alpha value is -3.33. The zero-order chi connectivity index (χ0) is 18.5. The summed E-state index contributed by atoms with van der Waals surface area (Å²) in [7, 11) is 0. The molecule has 0 aromatic heterocycles. The van der Waals surface area contributed by atoms with E-state index in [1.54, 1.807) is 0 Å². The Balaban J connectivity index is 1.69. The summed E-state index contributed by atoms with van der Waals surface area (Å²) in [5, 5.41) is 20.0. The maximum absolute atomic E-state index is 12.0. The van der Waals surface area contributed by atoms with Gasteiger partial charge in [-0.05, 0) is 28.7 Å². The third-order valence-corrected chi connectivity index (χ3v) is 4.48. The largest absolute Gasteiger partial charge is 0.480 e. The minimum Gasteiger partial charge on any atom is -0.480 e. The molecule has 1 aliphatic carbocycles. The average Bonchev–Trinajstić information content (AvgIpc) is 2.97. The summed E-state index contributed by atoms with van der Waals surface area (Å²) in [6.45, 7) is 0.116. The monoisotopic (exact) mass is 350 g/mol. The van der Waals surface area contributed by atoms with E-state index in [4.69, 9.17) is 15.1 Å². The molecule has 0 heterocycles. The lowest BCUT2D eigenvalue weighted by atomic mass is 9.98. The topological polar surface area (TPSA) is 99.4 Å². The van der Waals surface area contributed by atoms with E-state index in [1.807, 2.05) is 54.6 Å². The van der Waals surface area contributed by atoms with Crippen LogP contribution in [0.2, 0.25) is 0 Å². The smallest absolute Gasteiger partial charge is 0.407 e. The van der Waals surface area contributed by atoms with Gasteiger partial charge in [-0.1, -0.05) is 48.5 Å². The number of hydrogen-bond donors (Lipinski definition) is 2. The number of ether oxygens (including phenoxy) is 1. The van der Waals surface area contributed by atoms with E-state index in [0.717, 1.165) is 22.3 Å². The average molecular weight is 350 g/mol. The minimum absolute atomic E-state index is 0.0377. The van der Waals surface area contributed by atoms with Gasteiger partial charge in [0.25, 0.3) is 0 Å². The van der Waals surface area contributed by atoms with E-state index in [2.05, 4.69) is 5.32 Å². The lowest BCUT2D eigenvalue weighted by Crippen LogP contribution is -2.41. The van der Waals surface area contributed by atoms with E-state index >= 15 is 0 Å². The van der Waals surface area contributed by atoms with Crippen LogP contribution in [0.15, 0.2) is 48.5 Å². The van der Waals surface area contributed by atoms with E-state index in [1.165, 1.54) is 0 Å². The van der Waals surface area contributed by atoms with Crippen molar-refractivity contribution in [3.63, 3.8) is 0 Å². The Morgan fingerprint density at radius 2 is 1.69 bits per heavy atom. The predicted molar refractivity (Wildman–Crippen MR) is 94.5 cm³/mol. The van der Waals surface area contributed by atoms with Crippen molar-refractivity contribution >= 4 is 12.1 Å². The molecule has 26 heavy (non-hydrogen) atoms. The molecule has 0 aliphatic heterocycles. The van der Waals surface area contributed by atoms with Crippen LogP contribution in [0.3, 0.4) is 0 Å². The van der Waals surface area contributed by atoms with Crippen molar-refractivity contribution in [1.29, 1.82) is 5.26 Å². The standard InChI is InChI=1S/C20H18N2O4/c21-11-5-10-18(19(23)24)22-20(25)26-12-17-15-8-3-1-6-13(15)14-7-2-4-9-16(14)17/h1-4,6-9,17-18H,5,10,12H2,(H,22,25)(H,23,24)/t18-/m0/s1. The zero-order valence-corrected chi connectivity index (χ0v) is 14.0. The lowest BCUT2D eigenvalue weighted by molar-refractivity contribution is -0.139. The third kappa shape index (κ3) is 3.52. The Morgan fingerprint density at radius 3 is 2.23 bits per heavy atom. The molecule has 1 aliphatic rings. The first-order chi connectivity index (χ1) is 12.6. The van der Waals surface area contributed by atoms with Gasteiger partial charge in [-0.2, -0.15) is 5.26 Å². The number of hydrogen-bond acceptors (Lipinski definition) is 4. The lowest BCUT2D eigenvalue weighted by Gasteiger charge is -2.16. The fourth-order valence-electron chi connectivity index (χ4n) is 3.25. The molecule has 0 unspecified atom stereocenters. The highest BCUT2D eigenvalue weighted by Crippen LogP contribution is 2.44. The summed E-state index contributed by atoms with van der Waals surface area (Å²) in [6.07, 6.45) is -0.714. The van der Waals surface area contributed by atoms with E-state index in [9.17, 15) is 9.59 Å². The van der Waals surface area contributed by atoms with Crippen molar-refractivity contribution in [1.82, 2.24) is 5.32 Å². The van der Waals surface area contributed by atoms with Crippen LogP contribution in [-0.4, -0.2) is 29.8 Å². The number of carbonyl (C=O) groups excluding carboxylic acids is 1. The number of nitriles is 1. The van der Waals surface area contributed by atoms with E-state index in [0.29, 0.717) is 0 Å². The van der Waals surface area contributed by atoms with Crippen LogP contribution in [0, 0.1) is 11.3 Å². The summed E-state index contributed by atoms with van der Waals surface area (Å²) in [6, 6.07) is 16.7. The molecule has 3 rings (SSSR count). The van der Waals surface area contributed by atoms with E-state index < -0.39 is 18.1 Å². The predicted octanol–water partition coefficient (Wildman–Crippen LogP) is 3.28. The first-order valence-electron chi connectivity index (χ1n) is 8.33. The number of carbonyl (C=O) groups is 2. The Kier molecular flexibility index (Phi) is 5.18. The molecular formula is C20H18N2O4. The van der Waals surface area contributed by atoms with Gasteiger partial charge in [0.05, 0.1) is 6.07 Å². The van der Waals surface area contributed by atoms with E-state index in [-0.39, 0.29) is 25.4 Å². The molecular weight excluding hydrogens is 332 g/mol. The molecule has 0 spiro atoms. The van der Waals surface area contributed by atoms with Crippen LogP contribution >= 0.6 is 0 Å². The number of carboxylic acids is 1. The molecule has 1 amide bonds. The van der Waals surface area contributed by atoms with Crippen molar-refractivity contribution in [3.05, 3.63) is 59.7 Å². The quantitative estimate of drug-likeness (QED) is 0.833. The fraction of sp³-hybridized carbons (Fsp3) is 0.250. The van der Waals surface area contributed by atoms with Crippen molar-refractivity contribution < 1.29 is 19.4 Å². The number of carboxylic acid groups (broad SMARTS) is 1. The van der Waals surface area contributed by atoms with Crippen molar-refractivity contribution in [2.75, 3.05) is 6.61 Å². The maximum atomic E-state index is 12.0. The van der Waals surface area contributed by atoms with Crippen LogP contribution in [0.5, 0.6) is 0 Å². The molecule has 0 radical (unpaired) electrons. The van der Waals surface area contributed by atoms with Gasteiger partial charge in [-0.15, -0.1) is 0 Å². The van der Waals surface area contributed by atoms with Gasteiger partial charge in [0.15, 0.2) is 0 Å². The van der Waals surface area contributed by atoms with Gasteiger partial charge in [-0.3, -0.25) is 0 Å². The number of amides is 1. The number of benzene rings is 2. The van der Waals surface area contributed by atoms with Crippen LogP contribution in [0.1, 0.15) is 29.9 Å². The first kappa shape index (κ1) is 17.5. The van der Waals surface area contributed by atoms with Crippen molar-refractivity contribution in [2.45, 2.75) is 24.8 Å². The molecule has 0 saturated carbocycles. The Morgan fingerprint density at radius 1 is 1.12 bits per heavy atom. The number of aliphatic carboxylic acids is 1. The summed E-state index contributed by atoms with van der Waals surface area (Å²) >= 11 is 0. The highest BCUT2D eigenvalue weighted by Gasteiger charge is 2.29. The Bertz CT molecular complexity index is 827. The molecule has 132 valence electrons. The molecule has 0 bridgehead atoms. The Labute approximate surface area is 151 Å². The molecule has 2 N–H and O–H groups in total. The molecule has 2 aromatic rings. The highest BCUT2D eigenvalue weighted by molar-refractivity contribution is 5.81. The second-order valence-electron chi connectivity index (χ2n) is 6.06. The fourth-order valence-corrected chi connectivity index (χ4v) is 3.25. The minimum atomic E-state index is -1.19. The molecule has 1 atom stereocenters. The van der Waals surface area contributed by atoms with Crippen LogP contribution in [0.4, 0.5) is 4.79 Å². The number of nitrogens with zero attached hydrogens (tertiary/aromatic N) is 1. The van der Waals surface area contributed by atoms with Gasteiger partial charge in [0.2, 0.25) is 0 Å². The second kappa shape index (κ2) is 7.70. The number of fused-ring (bicyclic) bond motifs is 3. The van der Waals surface area contributed by atoms with Crippen LogP contribution in [0.25, 0.3) is 11.1 Å². The second-order valence-corrected chi connectivity index (χ2v) is 6.06. The molecule has 6 nitrogen and oxygen atoms in total. The maximum Gasteiger partial charge on any atom is 0.407 e. The SMILES string of the molecule is N#CCC[C@H](NC(=O)OCC1c2ccccc2-c2ccccc21)C(=O)O. The van der Waals surface area contributed by atoms with Crippen LogP contribution in [-0.2, 0) is 9.53 Å². The van der Waals surface area contributed by atoms with Gasteiger partial charge >= 0.3 is 12.1 Å². The summed E-state index contributed by atoms with van der Waals surface area (Å²) in [5.74, 6) is -1.27. The highest BCUT2D eigenvalue weighted by atomic mass is 16.5. The molecule has 2 aromatic carbocycles. The summed E-state index contributed by atoms with van der Waals surface area (Å²) in [4.78, 5) is 23.2. The number of alkyl carbamates (subject to hydrolysis) is 1. The normalized spacial score (nSPS) is 13.2. The van der Waals surface area contributed by atoms with Gasteiger partial charge in [-0.25, -0.2) is 9.59 Å². The molecule has 6 heteroatoms.